The van der Waals surface area contributed by atoms with Crippen LogP contribution in [0, 0.1) is 17.8 Å². The second-order valence-corrected chi connectivity index (χ2v) is 8.71. The number of amides is 1. The summed E-state index contributed by atoms with van der Waals surface area (Å²) in [5, 5.41) is 17.6. The van der Waals surface area contributed by atoms with Crippen LogP contribution in [0.3, 0.4) is 0 Å². The third-order valence-corrected chi connectivity index (χ3v) is 6.67. The fourth-order valence-corrected chi connectivity index (χ4v) is 5.82. The Balaban J connectivity index is 1.42. The van der Waals surface area contributed by atoms with E-state index in [9.17, 15) is 9.90 Å². The van der Waals surface area contributed by atoms with Gasteiger partial charge in [-0.25, -0.2) is 4.98 Å². The second-order valence-electron chi connectivity index (χ2n) is 8.71. The zero-order valence-corrected chi connectivity index (χ0v) is 15.6. The van der Waals surface area contributed by atoms with Gasteiger partial charge in [0.2, 0.25) is 0 Å². The van der Waals surface area contributed by atoms with Gasteiger partial charge in [0.05, 0.1) is 28.7 Å². The highest BCUT2D eigenvalue weighted by Gasteiger charge is 2.54. The molecule has 7 nitrogen and oxygen atoms in total. The lowest BCUT2D eigenvalue weighted by atomic mass is 9.52. The second kappa shape index (κ2) is 6.44. The van der Waals surface area contributed by atoms with Gasteiger partial charge >= 0.3 is 0 Å². The Labute approximate surface area is 163 Å². The normalized spacial score (nSPS) is 32.9. The van der Waals surface area contributed by atoms with Gasteiger partial charge in [0.15, 0.2) is 0 Å². The highest BCUT2D eigenvalue weighted by Crippen LogP contribution is 2.56. The van der Waals surface area contributed by atoms with Crippen LogP contribution in [-0.2, 0) is 0 Å². The number of hydrogen-bond donors (Lipinski definition) is 4. The monoisotopic (exact) mass is 379 g/mol. The van der Waals surface area contributed by atoms with Crippen LogP contribution in [0.5, 0.6) is 0 Å². The van der Waals surface area contributed by atoms with Crippen molar-refractivity contribution in [1.82, 2.24) is 9.97 Å². The Morgan fingerprint density at radius 3 is 2.64 bits per heavy atom. The third-order valence-electron chi connectivity index (χ3n) is 6.67. The number of anilines is 3. The summed E-state index contributed by atoms with van der Waals surface area (Å²) in [6.07, 6.45) is 9.88. The number of pyridine rings is 2. The molecule has 5 atom stereocenters. The van der Waals surface area contributed by atoms with E-state index in [-0.39, 0.29) is 6.04 Å². The molecule has 0 saturated heterocycles. The predicted molar refractivity (Wildman–Crippen MR) is 106 cm³/mol. The number of hydrogen-bond acceptors (Lipinski definition) is 6. The Hall–Kier alpha value is -2.67. The molecule has 2 heterocycles. The summed E-state index contributed by atoms with van der Waals surface area (Å²) >= 11 is 0. The van der Waals surface area contributed by atoms with Crippen molar-refractivity contribution < 1.29 is 9.90 Å². The molecule has 1 amide bonds. The van der Waals surface area contributed by atoms with Gasteiger partial charge in [-0.1, -0.05) is 0 Å². The van der Waals surface area contributed by atoms with Crippen LogP contribution in [0.2, 0.25) is 0 Å². The highest BCUT2D eigenvalue weighted by molar-refractivity contribution is 5.98. The molecule has 4 fully saturated rings. The molecule has 0 spiro atoms. The Morgan fingerprint density at radius 1 is 1.21 bits per heavy atom. The van der Waals surface area contributed by atoms with Crippen molar-refractivity contribution >= 4 is 23.1 Å². The first-order chi connectivity index (χ1) is 13.5. The smallest absolute Gasteiger partial charge is 0.252 e. The number of aliphatic hydroxyl groups is 1. The van der Waals surface area contributed by atoms with Crippen molar-refractivity contribution in [3.8, 4) is 0 Å². The maximum atomic E-state index is 12.0. The van der Waals surface area contributed by atoms with Crippen molar-refractivity contribution in [3.05, 3.63) is 42.4 Å². The molecular weight excluding hydrogens is 354 g/mol. The number of aromatic nitrogens is 2. The third kappa shape index (κ3) is 3.09. The average Bonchev–Trinajstić information content (AvgIpc) is 2.64. The summed E-state index contributed by atoms with van der Waals surface area (Å²) in [5.41, 5.74) is 7.04. The van der Waals surface area contributed by atoms with Crippen LogP contribution in [-0.4, -0.2) is 32.6 Å². The zero-order chi connectivity index (χ0) is 19.3. The summed E-state index contributed by atoms with van der Waals surface area (Å²) < 4.78 is 0. The lowest BCUT2D eigenvalue weighted by Gasteiger charge is -2.58. The fourth-order valence-electron chi connectivity index (χ4n) is 5.82. The Morgan fingerprint density at radius 2 is 2.00 bits per heavy atom. The Kier molecular flexibility index (Phi) is 4.01. The first kappa shape index (κ1) is 17.4. The number of primary amides is 1. The first-order valence-electron chi connectivity index (χ1n) is 9.95. The lowest BCUT2D eigenvalue weighted by molar-refractivity contribution is -0.129. The molecule has 2 aromatic rings. The van der Waals surface area contributed by atoms with Crippen molar-refractivity contribution in [2.24, 2.45) is 23.5 Å². The molecule has 4 bridgehead atoms. The summed E-state index contributed by atoms with van der Waals surface area (Å²) in [6, 6.07) is 5.84. The van der Waals surface area contributed by atoms with Crippen molar-refractivity contribution in [2.45, 2.75) is 43.7 Å². The van der Waals surface area contributed by atoms with Crippen LogP contribution < -0.4 is 16.4 Å². The fraction of sp³-hybridized carbons (Fsp3) is 0.476. The number of nitrogens with two attached hydrogens (primary N) is 1. The van der Waals surface area contributed by atoms with E-state index in [0.717, 1.165) is 37.8 Å². The minimum Gasteiger partial charge on any atom is -0.390 e. The molecular formula is C21H25N5O2. The summed E-state index contributed by atoms with van der Waals surface area (Å²) in [5.74, 6) is 1.63. The number of nitrogens with zero attached hydrogens (tertiary/aromatic N) is 2. The molecule has 1 unspecified atom stereocenters. The Bertz CT molecular complexity index is 887. The van der Waals surface area contributed by atoms with Crippen LogP contribution in [0.4, 0.5) is 17.2 Å². The number of rotatable bonds is 5. The molecule has 7 heteroatoms. The predicted octanol–water partition coefficient (Wildman–Crippen LogP) is 2.67. The molecule has 4 aliphatic rings. The molecule has 0 radical (unpaired) electrons. The molecule has 0 aliphatic heterocycles. The molecule has 6 rings (SSSR count). The zero-order valence-electron chi connectivity index (χ0n) is 15.6. The quantitative estimate of drug-likeness (QED) is 0.635. The van der Waals surface area contributed by atoms with Gasteiger partial charge < -0.3 is 21.5 Å². The summed E-state index contributed by atoms with van der Waals surface area (Å²) in [6.45, 7) is 0. The maximum absolute atomic E-state index is 12.0. The summed E-state index contributed by atoms with van der Waals surface area (Å²) in [7, 11) is 0. The van der Waals surface area contributed by atoms with E-state index in [1.165, 1.54) is 6.20 Å². The van der Waals surface area contributed by atoms with Crippen LogP contribution >= 0.6 is 0 Å². The largest absolute Gasteiger partial charge is 0.390 e. The van der Waals surface area contributed by atoms with E-state index in [4.69, 9.17) is 5.73 Å². The lowest BCUT2D eigenvalue weighted by Crippen LogP contribution is -2.59. The van der Waals surface area contributed by atoms with E-state index < -0.39 is 11.5 Å². The minimum absolute atomic E-state index is 0.253. The molecule has 4 saturated carbocycles. The van der Waals surface area contributed by atoms with E-state index in [1.54, 1.807) is 12.4 Å². The highest BCUT2D eigenvalue weighted by atomic mass is 16.3. The average molecular weight is 379 g/mol. The van der Waals surface area contributed by atoms with E-state index in [1.807, 2.05) is 18.2 Å². The van der Waals surface area contributed by atoms with Gasteiger partial charge in [-0.05, 0) is 62.0 Å². The van der Waals surface area contributed by atoms with Crippen LogP contribution in [0.25, 0.3) is 0 Å². The van der Waals surface area contributed by atoms with Gasteiger partial charge in [0.25, 0.3) is 5.91 Å². The van der Waals surface area contributed by atoms with Gasteiger partial charge in [0, 0.05) is 24.5 Å². The number of nitrogens with one attached hydrogen (secondary N) is 2. The molecule has 28 heavy (non-hydrogen) atoms. The van der Waals surface area contributed by atoms with Gasteiger partial charge in [-0.15, -0.1) is 0 Å². The van der Waals surface area contributed by atoms with Crippen LogP contribution in [0.15, 0.2) is 36.8 Å². The standard InChI is InChI=1S/C21H25N5O2/c22-20(27)16-11-24-18(25-15-2-1-3-23-10-15)6-17(16)26-19-13-4-12-5-14(19)9-21(28,7-12)8-13/h1-3,6,10-14,19,28H,4-5,7-9H2,(H2,22,27)(H2,24,25,26)/t12?,13-,14+,19-,21-. The van der Waals surface area contributed by atoms with E-state index in [0.29, 0.717) is 34.8 Å². The molecule has 0 aromatic carbocycles. The molecule has 4 aliphatic carbocycles. The molecule has 2 aromatic heterocycles. The van der Waals surface area contributed by atoms with E-state index >= 15 is 0 Å². The SMILES string of the molecule is NC(=O)c1cnc(Nc2cccnc2)cc1N[C@@H]1[C@@H]2CC3C[C@H]1C[C@@](O)(C3)C2. The van der Waals surface area contributed by atoms with Crippen molar-refractivity contribution in [3.63, 3.8) is 0 Å². The van der Waals surface area contributed by atoms with Gasteiger partial charge in [-0.3, -0.25) is 9.78 Å². The topological polar surface area (TPSA) is 113 Å². The van der Waals surface area contributed by atoms with Crippen molar-refractivity contribution in [2.75, 3.05) is 10.6 Å². The van der Waals surface area contributed by atoms with Crippen molar-refractivity contribution in [1.29, 1.82) is 0 Å². The first-order valence-corrected chi connectivity index (χ1v) is 9.95. The number of carbonyl (C=O) groups excluding carboxylic acids is 1. The van der Waals surface area contributed by atoms with E-state index in [2.05, 4.69) is 20.6 Å². The number of carbonyl (C=O) groups is 1. The summed E-state index contributed by atoms with van der Waals surface area (Å²) in [4.78, 5) is 20.4. The minimum atomic E-state index is -0.495. The molecule has 146 valence electrons. The molecule has 5 N–H and O–H groups in total. The van der Waals surface area contributed by atoms with Gasteiger partial charge in [0.1, 0.15) is 5.82 Å². The van der Waals surface area contributed by atoms with Gasteiger partial charge in [-0.2, -0.15) is 0 Å². The van der Waals surface area contributed by atoms with Crippen LogP contribution in [0.1, 0.15) is 42.5 Å². The maximum Gasteiger partial charge on any atom is 0.252 e.